The minimum atomic E-state index is -0.211. The average Bonchev–Trinajstić information content (AvgIpc) is 2.45. The molecule has 0 saturated heterocycles. The molecule has 0 aliphatic carbocycles. The van der Waals surface area contributed by atoms with Crippen LogP contribution in [0.4, 0.5) is 0 Å². The number of thioether (sulfide) groups is 1. The van der Waals surface area contributed by atoms with Crippen molar-refractivity contribution in [2.75, 3.05) is 5.75 Å². The number of ether oxygens (including phenoxy) is 1. The number of aromatic amines is 1. The monoisotopic (exact) mass is 302 g/mol. The first-order valence-electron chi connectivity index (χ1n) is 7.05. The number of hydrogen-bond donors (Lipinski definition) is 1. The Hall–Kier alpha value is -1.75. The van der Waals surface area contributed by atoms with E-state index in [0.29, 0.717) is 5.82 Å². The third-order valence-electron chi connectivity index (χ3n) is 3.56. The number of aromatic nitrogens is 2. The number of fused-ring (bicyclic) bond motifs is 1. The van der Waals surface area contributed by atoms with Crippen molar-refractivity contribution in [3.05, 3.63) is 51.7 Å². The fourth-order valence-corrected chi connectivity index (χ4v) is 3.59. The van der Waals surface area contributed by atoms with Gasteiger partial charge in [-0.25, -0.2) is 4.98 Å². The molecule has 0 spiro atoms. The van der Waals surface area contributed by atoms with E-state index in [-0.39, 0.29) is 17.6 Å². The molecule has 0 fully saturated rings. The highest BCUT2D eigenvalue weighted by atomic mass is 32.2. The van der Waals surface area contributed by atoms with Gasteiger partial charge >= 0.3 is 0 Å². The number of H-pyrrole nitrogens is 1. The zero-order chi connectivity index (χ0) is 15.0. The molecule has 1 aromatic heterocycles. The van der Waals surface area contributed by atoms with E-state index in [2.05, 4.69) is 9.97 Å². The summed E-state index contributed by atoms with van der Waals surface area (Å²) in [6.45, 7) is 5.89. The summed E-state index contributed by atoms with van der Waals surface area (Å²) >= 11 is 1.73. The SMILES string of the molecule is Cc1nc(C2CSc3ccccc3O2)[nH]c(=O)c1C(C)C. The molecule has 3 rings (SSSR count). The first kappa shape index (κ1) is 14.2. The number of nitrogens with zero attached hydrogens (tertiary/aromatic N) is 1. The molecule has 0 saturated carbocycles. The van der Waals surface area contributed by atoms with E-state index >= 15 is 0 Å². The number of aryl methyl sites for hydroxylation is 1. The van der Waals surface area contributed by atoms with Gasteiger partial charge in [-0.2, -0.15) is 0 Å². The number of rotatable bonds is 2. The third kappa shape index (κ3) is 2.70. The standard InChI is InChI=1S/C16H18N2O2S/c1-9(2)14-10(3)17-15(18-16(14)19)12-8-21-13-7-5-4-6-11(13)20-12/h4-7,9,12H,8H2,1-3H3,(H,17,18,19). The molecule has 2 heterocycles. The van der Waals surface area contributed by atoms with Crippen LogP contribution >= 0.6 is 11.8 Å². The summed E-state index contributed by atoms with van der Waals surface area (Å²) in [6.07, 6.45) is -0.211. The maximum atomic E-state index is 12.2. The van der Waals surface area contributed by atoms with Crippen molar-refractivity contribution in [1.82, 2.24) is 9.97 Å². The molecule has 1 unspecified atom stereocenters. The summed E-state index contributed by atoms with van der Waals surface area (Å²) < 4.78 is 5.97. The van der Waals surface area contributed by atoms with E-state index < -0.39 is 0 Å². The lowest BCUT2D eigenvalue weighted by atomic mass is 10.0. The van der Waals surface area contributed by atoms with Gasteiger partial charge in [0.2, 0.25) is 0 Å². The van der Waals surface area contributed by atoms with Gasteiger partial charge in [0.05, 0.1) is 0 Å². The number of para-hydroxylation sites is 1. The fourth-order valence-electron chi connectivity index (χ4n) is 2.60. The summed E-state index contributed by atoms with van der Waals surface area (Å²) in [5.74, 6) is 2.38. The fraction of sp³-hybridized carbons (Fsp3) is 0.375. The van der Waals surface area contributed by atoms with Crippen molar-refractivity contribution < 1.29 is 4.74 Å². The summed E-state index contributed by atoms with van der Waals surface area (Å²) in [7, 11) is 0. The molecular formula is C16H18N2O2S. The maximum Gasteiger partial charge on any atom is 0.254 e. The van der Waals surface area contributed by atoms with E-state index in [1.807, 2.05) is 45.0 Å². The van der Waals surface area contributed by atoms with Crippen molar-refractivity contribution in [3.63, 3.8) is 0 Å². The normalized spacial score (nSPS) is 17.4. The minimum absolute atomic E-state index is 0.0556. The molecule has 1 aliphatic rings. The molecule has 1 aromatic carbocycles. The molecule has 5 heteroatoms. The lowest BCUT2D eigenvalue weighted by Crippen LogP contribution is -2.25. The summed E-state index contributed by atoms with van der Waals surface area (Å²) in [6, 6.07) is 7.93. The molecule has 0 bridgehead atoms. The maximum absolute atomic E-state index is 12.2. The Bertz CT molecular complexity index is 724. The van der Waals surface area contributed by atoms with E-state index in [9.17, 15) is 4.79 Å². The van der Waals surface area contributed by atoms with Crippen molar-refractivity contribution in [2.24, 2.45) is 0 Å². The van der Waals surface area contributed by atoms with Crippen LogP contribution in [0.3, 0.4) is 0 Å². The Morgan fingerprint density at radius 2 is 2.14 bits per heavy atom. The van der Waals surface area contributed by atoms with Gasteiger partial charge in [0.15, 0.2) is 11.9 Å². The lowest BCUT2D eigenvalue weighted by molar-refractivity contribution is 0.209. The number of hydrogen-bond acceptors (Lipinski definition) is 4. The quantitative estimate of drug-likeness (QED) is 0.923. The second-order valence-electron chi connectivity index (χ2n) is 5.47. The highest BCUT2D eigenvalue weighted by Gasteiger charge is 2.25. The average molecular weight is 302 g/mol. The van der Waals surface area contributed by atoms with Crippen LogP contribution in [0.15, 0.2) is 34.0 Å². The van der Waals surface area contributed by atoms with Gasteiger partial charge < -0.3 is 9.72 Å². The zero-order valence-electron chi connectivity index (χ0n) is 12.3. The van der Waals surface area contributed by atoms with Gasteiger partial charge in [0.1, 0.15) is 5.75 Å². The molecule has 110 valence electrons. The van der Waals surface area contributed by atoms with Crippen molar-refractivity contribution in [2.45, 2.75) is 37.7 Å². The molecule has 0 radical (unpaired) electrons. The predicted octanol–water partition coefficient (Wildman–Crippen LogP) is 3.43. The highest BCUT2D eigenvalue weighted by molar-refractivity contribution is 7.99. The van der Waals surface area contributed by atoms with Crippen LogP contribution < -0.4 is 10.3 Å². The van der Waals surface area contributed by atoms with Crippen LogP contribution in [-0.4, -0.2) is 15.7 Å². The highest BCUT2D eigenvalue weighted by Crippen LogP contribution is 2.39. The number of nitrogens with one attached hydrogen (secondary N) is 1. The van der Waals surface area contributed by atoms with Crippen LogP contribution in [-0.2, 0) is 0 Å². The molecule has 0 amide bonds. The zero-order valence-corrected chi connectivity index (χ0v) is 13.2. The van der Waals surface area contributed by atoms with E-state index in [0.717, 1.165) is 27.7 Å². The predicted molar refractivity (Wildman–Crippen MR) is 84.2 cm³/mol. The lowest BCUT2D eigenvalue weighted by Gasteiger charge is -2.25. The molecular weight excluding hydrogens is 284 g/mol. The van der Waals surface area contributed by atoms with Gasteiger partial charge in [0, 0.05) is 21.9 Å². The van der Waals surface area contributed by atoms with Crippen LogP contribution in [0, 0.1) is 6.92 Å². The molecule has 1 aliphatic heterocycles. The number of benzene rings is 1. The van der Waals surface area contributed by atoms with E-state index in [1.165, 1.54) is 0 Å². The van der Waals surface area contributed by atoms with Crippen molar-refractivity contribution >= 4 is 11.8 Å². The Balaban J connectivity index is 1.94. The Kier molecular flexibility index (Phi) is 3.76. The largest absolute Gasteiger partial charge is 0.480 e. The Morgan fingerprint density at radius 1 is 1.38 bits per heavy atom. The second kappa shape index (κ2) is 5.56. The topological polar surface area (TPSA) is 55.0 Å². The van der Waals surface area contributed by atoms with Gasteiger partial charge in [-0.1, -0.05) is 26.0 Å². The van der Waals surface area contributed by atoms with Crippen LogP contribution in [0.2, 0.25) is 0 Å². The summed E-state index contributed by atoms with van der Waals surface area (Å²) in [5, 5.41) is 0. The van der Waals surface area contributed by atoms with Crippen LogP contribution in [0.5, 0.6) is 5.75 Å². The van der Waals surface area contributed by atoms with Crippen LogP contribution in [0.25, 0.3) is 0 Å². The van der Waals surface area contributed by atoms with Gasteiger partial charge in [0.25, 0.3) is 5.56 Å². The molecule has 4 nitrogen and oxygen atoms in total. The third-order valence-corrected chi connectivity index (χ3v) is 4.67. The Morgan fingerprint density at radius 3 is 2.86 bits per heavy atom. The van der Waals surface area contributed by atoms with Gasteiger partial charge in [-0.15, -0.1) is 11.8 Å². The van der Waals surface area contributed by atoms with E-state index in [1.54, 1.807) is 11.8 Å². The first-order valence-corrected chi connectivity index (χ1v) is 8.04. The molecule has 2 aromatic rings. The summed E-state index contributed by atoms with van der Waals surface area (Å²) in [4.78, 5) is 20.8. The molecule has 21 heavy (non-hydrogen) atoms. The van der Waals surface area contributed by atoms with Gasteiger partial charge in [-0.05, 0) is 25.0 Å². The summed E-state index contributed by atoms with van der Waals surface area (Å²) in [5.41, 5.74) is 1.48. The van der Waals surface area contributed by atoms with Crippen molar-refractivity contribution in [3.8, 4) is 5.75 Å². The van der Waals surface area contributed by atoms with Gasteiger partial charge in [-0.3, -0.25) is 4.79 Å². The second-order valence-corrected chi connectivity index (χ2v) is 6.53. The Labute approximate surface area is 128 Å². The first-order chi connectivity index (χ1) is 10.1. The minimum Gasteiger partial charge on any atom is -0.480 e. The molecule has 1 atom stereocenters. The van der Waals surface area contributed by atoms with Crippen LogP contribution in [0.1, 0.15) is 43.0 Å². The van der Waals surface area contributed by atoms with Crippen molar-refractivity contribution in [1.29, 1.82) is 0 Å². The molecule has 1 N–H and O–H groups in total. The smallest absolute Gasteiger partial charge is 0.254 e. The van der Waals surface area contributed by atoms with E-state index in [4.69, 9.17) is 4.74 Å².